The molecule has 0 aromatic heterocycles. The highest BCUT2D eigenvalue weighted by molar-refractivity contribution is 5.96. The Kier molecular flexibility index (Phi) is 9.22. The summed E-state index contributed by atoms with van der Waals surface area (Å²) in [6, 6.07) is 25.9. The summed E-state index contributed by atoms with van der Waals surface area (Å²) < 4.78 is 16.4. The molecule has 0 heterocycles. The zero-order valence-electron chi connectivity index (χ0n) is 20.7. The molecular formula is C29H31NO6. The van der Waals surface area contributed by atoms with Crippen LogP contribution >= 0.6 is 0 Å². The quantitative estimate of drug-likeness (QED) is 0.247. The summed E-state index contributed by atoms with van der Waals surface area (Å²) in [5.41, 5.74) is 1.28. The molecule has 0 unspecified atom stereocenters. The van der Waals surface area contributed by atoms with Gasteiger partial charge in [0.25, 0.3) is 0 Å². The van der Waals surface area contributed by atoms with Crippen molar-refractivity contribution >= 4 is 18.0 Å². The van der Waals surface area contributed by atoms with E-state index in [-0.39, 0.29) is 13.2 Å². The lowest BCUT2D eigenvalue weighted by molar-refractivity contribution is -0.165. The Balaban J connectivity index is 1.88. The minimum absolute atomic E-state index is 0.0317. The molecule has 3 aromatic carbocycles. The lowest BCUT2D eigenvalue weighted by Crippen LogP contribution is -2.43. The molecule has 3 aromatic rings. The fourth-order valence-corrected chi connectivity index (χ4v) is 3.46. The average molecular weight is 490 g/mol. The van der Waals surface area contributed by atoms with Crippen molar-refractivity contribution in [2.24, 2.45) is 5.92 Å². The van der Waals surface area contributed by atoms with E-state index in [1.807, 2.05) is 60.7 Å². The van der Waals surface area contributed by atoms with Gasteiger partial charge in [-0.25, -0.2) is 4.79 Å². The first-order valence-electron chi connectivity index (χ1n) is 11.7. The van der Waals surface area contributed by atoms with E-state index in [0.717, 1.165) is 11.1 Å². The predicted octanol–water partition coefficient (Wildman–Crippen LogP) is 5.36. The van der Waals surface area contributed by atoms with Crippen molar-refractivity contribution in [1.82, 2.24) is 5.32 Å². The summed E-state index contributed by atoms with van der Waals surface area (Å²) in [6.45, 7) is 5.11. The lowest BCUT2D eigenvalue weighted by atomic mass is 9.93. The summed E-state index contributed by atoms with van der Waals surface area (Å²) in [5.74, 6) is -3.10. The molecule has 1 N–H and O–H groups in total. The standard InChI is InChI=1S/C29H31NO6/c1-29(2,3)36-28(33)30-25(23-17-11-6-12-18-23)24(26(31)34-19-21-13-7-4-8-14-21)27(32)35-20-22-15-9-5-10-16-22/h4-18,24-25H,19-20H2,1-3H3,(H,30,33)/t25-/m1/s1. The van der Waals surface area contributed by atoms with Gasteiger partial charge in [0.1, 0.15) is 18.8 Å². The first-order valence-corrected chi connectivity index (χ1v) is 11.7. The largest absolute Gasteiger partial charge is 0.460 e. The van der Waals surface area contributed by atoms with Gasteiger partial charge in [0.05, 0.1) is 6.04 Å². The van der Waals surface area contributed by atoms with Gasteiger partial charge in [-0.1, -0.05) is 91.0 Å². The van der Waals surface area contributed by atoms with Gasteiger partial charge in [-0.3, -0.25) is 9.59 Å². The van der Waals surface area contributed by atoms with Crippen LogP contribution in [0.4, 0.5) is 4.79 Å². The van der Waals surface area contributed by atoms with Gasteiger partial charge in [-0.05, 0) is 37.5 Å². The molecule has 0 aliphatic carbocycles. The number of nitrogens with one attached hydrogen (secondary N) is 1. The number of ether oxygens (including phenoxy) is 3. The van der Waals surface area contributed by atoms with Crippen LogP contribution in [0.3, 0.4) is 0 Å². The molecule has 1 atom stereocenters. The third-order valence-electron chi connectivity index (χ3n) is 5.12. The highest BCUT2D eigenvalue weighted by Gasteiger charge is 2.40. The number of carbonyl (C=O) groups is 3. The van der Waals surface area contributed by atoms with Crippen molar-refractivity contribution in [3.8, 4) is 0 Å². The summed E-state index contributed by atoms with van der Waals surface area (Å²) in [6.07, 6.45) is -0.770. The van der Waals surface area contributed by atoms with Gasteiger partial charge in [-0.15, -0.1) is 0 Å². The van der Waals surface area contributed by atoms with Gasteiger partial charge in [0.2, 0.25) is 0 Å². The molecule has 3 rings (SSSR count). The number of hydrogen-bond donors (Lipinski definition) is 1. The molecule has 0 radical (unpaired) electrons. The fourth-order valence-electron chi connectivity index (χ4n) is 3.46. The van der Waals surface area contributed by atoms with E-state index in [1.54, 1.807) is 51.1 Å². The molecule has 0 fully saturated rings. The number of rotatable bonds is 9. The maximum atomic E-state index is 13.3. The predicted molar refractivity (Wildman–Crippen MR) is 135 cm³/mol. The van der Waals surface area contributed by atoms with E-state index in [4.69, 9.17) is 14.2 Å². The number of carbonyl (C=O) groups excluding carboxylic acids is 3. The Morgan fingerprint density at radius 1 is 0.694 bits per heavy atom. The van der Waals surface area contributed by atoms with Crippen molar-refractivity contribution in [2.45, 2.75) is 45.6 Å². The van der Waals surface area contributed by atoms with E-state index in [1.165, 1.54) is 0 Å². The smallest absolute Gasteiger partial charge is 0.408 e. The molecule has 0 aliphatic rings. The molecule has 0 aliphatic heterocycles. The monoisotopic (exact) mass is 489 g/mol. The van der Waals surface area contributed by atoms with E-state index in [9.17, 15) is 14.4 Å². The second-order valence-electron chi connectivity index (χ2n) is 9.20. The number of esters is 2. The number of hydrogen-bond acceptors (Lipinski definition) is 6. The summed E-state index contributed by atoms with van der Waals surface area (Å²) in [5, 5.41) is 2.69. The fraction of sp³-hybridized carbons (Fsp3) is 0.276. The van der Waals surface area contributed by atoms with Crippen LogP contribution in [0.5, 0.6) is 0 Å². The molecule has 36 heavy (non-hydrogen) atoms. The van der Waals surface area contributed by atoms with Crippen molar-refractivity contribution in [2.75, 3.05) is 0 Å². The number of benzene rings is 3. The first kappa shape index (κ1) is 26.5. The normalized spacial score (nSPS) is 11.9. The van der Waals surface area contributed by atoms with Crippen LogP contribution in [0, 0.1) is 5.92 Å². The summed E-state index contributed by atoms with van der Waals surface area (Å²) in [4.78, 5) is 39.4. The lowest BCUT2D eigenvalue weighted by Gasteiger charge is -2.27. The second kappa shape index (κ2) is 12.5. The summed E-state index contributed by atoms with van der Waals surface area (Å²) >= 11 is 0. The van der Waals surface area contributed by atoms with Gasteiger partial charge in [0.15, 0.2) is 5.92 Å². The third kappa shape index (κ3) is 8.27. The highest BCUT2D eigenvalue weighted by atomic mass is 16.6. The van der Waals surface area contributed by atoms with E-state index < -0.39 is 35.6 Å². The summed E-state index contributed by atoms with van der Waals surface area (Å²) in [7, 11) is 0. The van der Waals surface area contributed by atoms with Gasteiger partial charge in [-0.2, -0.15) is 0 Å². The SMILES string of the molecule is CC(C)(C)OC(=O)N[C@H](c1ccccc1)C(C(=O)OCc1ccccc1)C(=O)OCc1ccccc1. The van der Waals surface area contributed by atoms with Crippen molar-refractivity contribution in [3.63, 3.8) is 0 Å². The first-order chi connectivity index (χ1) is 17.2. The van der Waals surface area contributed by atoms with E-state index >= 15 is 0 Å². The van der Waals surface area contributed by atoms with Crippen LogP contribution in [0.1, 0.15) is 43.5 Å². The number of amides is 1. The second-order valence-corrected chi connectivity index (χ2v) is 9.20. The van der Waals surface area contributed by atoms with E-state index in [0.29, 0.717) is 5.56 Å². The Hall–Kier alpha value is -4.13. The van der Waals surface area contributed by atoms with Crippen molar-refractivity contribution in [1.29, 1.82) is 0 Å². The molecule has 0 saturated heterocycles. The Morgan fingerprint density at radius 3 is 1.53 bits per heavy atom. The van der Waals surface area contributed by atoms with Crippen molar-refractivity contribution in [3.05, 3.63) is 108 Å². The molecule has 0 saturated carbocycles. The maximum Gasteiger partial charge on any atom is 0.408 e. The molecule has 7 nitrogen and oxygen atoms in total. The zero-order chi connectivity index (χ0) is 26.0. The molecule has 7 heteroatoms. The highest BCUT2D eigenvalue weighted by Crippen LogP contribution is 2.27. The van der Waals surface area contributed by atoms with Gasteiger partial charge in [0, 0.05) is 0 Å². The Morgan fingerprint density at radius 2 is 1.11 bits per heavy atom. The van der Waals surface area contributed by atoms with Crippen LogP contribution < -0.4 is 5.32 Å². The van der Waals surface area contributed by atoms with Gasteiger partial charge >= 0.3 is 18.0 Å². The van der Waals surface area contributed by atoms with Gasteiger partial charge < -0.3 is 19.5 Å². The minimum atomic E-state index is -1.47. The molecule has 0 spiro atoms. The molecule has 188 valence electrons. The zero-order valence-corrected chi connectivity index (χ0v) is 20.7. The molecular weight excluding hydrogens is 458 g/mol. The third-order valence-corrected chi connectivity index (χ3v) is 5.12. The van der Waals surface area contributed by atoms with Crippen molar-refractivity contribution < 1.29 is 28.6 Å². The Bertz CT molecular complexity index is 1070. The van der Waals surface area contributed by atoms with Crippen LogP contribution in [0.25, 0.3) is 0 Å². The molecule has 0 bridgehead atoms. The topological polar surface area (TPSA) is 90.9 Å². The molecule has 1 amide bonds. The number of alkyl carbamates (subject to hydrolysis) is 1. The van der Waals surface area contributed by atoms with Crippen LogP contribution in [0.15, 0.2) is 91.0 Å². The van der Waals surface area contributed by atoms with Crippen LogP contribution in [-0.4, -0.2) is 23.6 Å². The average Bonchev–Trinajstić information content (AvgIpc) is 2.86. The van der Waals surface area contributed by atoms with Crippen LogP contribution in [-0.2, 0) is 37.0 Å². The van der Waals surface area contributed by atoms with Crippen LogP contribution in [0.2, 0.25) is 0 Å². The van der Waals surface area contributed by atoms with E-state index in [2.05, 4.69) is 5.32 Å². The Labute approximate surface area is 211 Å². The minimum Gasteiger partial charge on any atom is -0.460 e. The maximum absolute atomic E-state index is 13.3.